The summed E-state index contributed by atoms with van der Waals surface area (Å²) in [6.07, 6.45) is 0. The first kappa shape index (κ1) is 19.9. The van der Waals surface area contributed by atoms with Crippen molar-refractivity contribution in [2.45, 2.75) is 13.8 Å². The Morgan fingerprint density at radius 1 is 0.933 bits per heavy atom. The normalized spacial score (nSPS) is 13.9. The smallest absolute Gasteiger partial charge is 0.282 e. The lowest BCUT2D eigenvalue weighted by Crippen LogP contribution is -2.35. The Hall–Kier alpha value is -3.38. The first-order valence-electron chi connectivity index (χ1n) is 9.88. The zero-order valence-corrected chi connectivity index (χ0v) is 17.7. The van der Waals surface area contributed by atoms with E-state index in [9.17, 15) is 9.59 Å². The van der Waals surface area contributed by atoms with E-state index in [2.05, 4.69) is 0 Å². The summed E-state index contributed by atoms with van der Waals surface area (Å²) < 4.78 is 5.57. The van der Waals surface area contributed by atoms with Crippen molar-refractivity contribution in [3.63, 3.8) is 0 Å². The molecule has 0 N–H and O–H groups in total. The summed E-state index contributed by atoms with van der Waals surface area (Å²) in [4.78, 5) is 31.1. The molecule has 1 aromatic heterocycles. The maximum atomic E-state index is 13.6. The number of carbonyl (C=O) groups is 2. The number of likely N-dealkylation sites (N-methyl/N-ethyl adjacent to an activating group) is 1. The van der Waals surface area contributed by atoms with E-state index in [4.69, 9.17) is 4.74 Å². The van der Waals surface area contributed by atoms with Gasteiger partial charge in [0.05, 0.1) is 17.9 Å². The first-order valence-corrected chi connectivity index (χ1v) is 10.8. The van der Waals surface area contributed by atoms with Crippen molar-refractivity contribution in [3.05, 3.63) is 82.7 Å². The van der Waals surface area contributed by atoms with Crippen molar-refractivity contribution in [2.75, 3.05) is 23.0 Å². The van der Waals surface area contributed by atoms with Gasteiger partial charge in [0, 0.05) is 23.2 Å². The lowest BCUT2D eigenvalue weighted by atomic mass is 10.1. The standard InChI is InChI=1S/C24H22N2O3S/c1-3-25(17-10-6-5-7-11-17)22-21(20-14-9-15-30-20)23(27)26(24(22)28)18-12-8-13-19(16-18)29-4-2/h5-16H,3-4H2,1-2H3. The van der Waals surface area contributed by atoms with Gasteiger partial charge in [0.15, 0.2) is 0 Å². The average molecular weight is 419 g/mol. The third kappa shape index (κ3) is 3.50. The van der Waals surface area contributed by atoms with Crippen molar-refractivity contribution in [1.82, 2.24) is 0 Å². The molecule has 0 bridgehead atoms. The van der Waals surface area contributed by atoms with Gasteiger partial charge in [-0.05, 0) is 49.6 Å². The van der Waals surface area contributed by atoms with Crippen LogP contribution in [0.1, 0.15) is 18.7 Å². The van der Waals surface area contributed by atoms with E-state index in [1.807, 2.05) is 72.7 Å². The van der Waals surface area contributed by atoms with Crippen LogP contribution in [0.15, 0.2) is 77.8 Å². The van der Waals surface area contributed by atoms with Crippen LogP contribution >= 0.6 is 11.3 Å². The van der Waals surface area contributed by atoms with Crippen molar-refractivity contribution < 1.29 is 14.3 Å². The number of hydrogen-bond acceptors (Lipinski definition) is 5. The highest BCUT2D eigenvalue weighted by Crippen LogP contribution is 2.38. The largest absolute Gasteiger partial charge is 0.494 e. The Morgan fingerprint density at radius 3 is 2.40 bits per heavy atom. The van der Waals surface area contributed by atoms with Gasteiger partial charge in [-0.2, -0.15) is 0 Å². The predicted molar refractivity (Wildman–Crippen MR) is 121 cm³/mol. The molecule has 0 fully saturated rings. The second-order valence-corrected chi connectivity index (χ2v) is 7.60. The molecule has 5 nitrogen and oxygen atoms in total. The number of carbonyl (C=O) groups excluding carboxylic acids is 2. The Bertz CT molecular complexity index is 1090. The number of ether oxygens (including phenoxy) is 1. The van der Waals surface area contributed by atoms with Crippen molar-refractivity contribution in [3.8, 4) is 5.75 Å². The van der Waals surface area contributed by atoms with Gasteiger partial charge in [-0.25, -0.2) is 4.90 Å². The van der Waals surface area contributed by atoms with Gasteiger partial charge < -0.3 is 9.64 Å². The van der Waals surface area contributed by atoms with Crippen LogP contribution in [0.3, 0.4) is 0 Å². The molecule has 30 heavy (non-hydrogen) atoms. The van der Waals surface area contributed by atoms with Gasteiger partial charge in [-0.15, -0.1) is 11.3 Å². The molecule has 0 spiro atoms. The molecule has 1 aliphatic rings. The van der Waals surface area contributed by atoms with Crippen LogP contribution in [-0.2, 0) is 9.59 Å². The number of anilines is 2. The van der Waals surface area contributed by atoms with Crippen LogP contribution < -0.4 is 14.5 Å². The van der Waals surface area contributed by atoms with E-state index in [-0.39, 0.29) is 11.8 Å². The Balaban J connectivity index is 1.84. The maximum Gasteiger partial charge on any atom is 0.282 e. The van der Waals surface area contributed by atoms with Gasteiger partial charge in [0.2, 0.25) is 0 Å². The van der Waals surface area contributed by atoms with E-state index >= 15 is 0 Å². The minimum atomic E-state index is -0.331. The number of nitrogens with zero attached hydrogens (tertiary/aromatic N) is 2. The Kier molecular flexibility index (Phi) is 5.68. The molecular weight excluding hydrogens is 396 g/mol. The third-order valence-corrected chi connectivity index (χ3v) is 5.76. The fraction of sp³-hybridized carbons (Fsp3) is 0.167. The highest BCUT2D eigenvalue weighted by atomic mass is 32.1. The number of thiophene rings is 1. The molecule has 1 aliphatic heterocycles. The summed E-state index contributed by atoms with van der Waals surface area (Å²) in [6, 6.07) is 20.5. The SMILES string of the molecule is CCOc1cccc(N2C(=O)C(c3cccs3)=C(N(CC)c3ccccc3)C2=O)c1. The maximum absolute atomic E-state index is 13.6. The molecule has 0 radical (unpaired) electrons. The number of para-hydroxylation sites is 1. The highest BCUT2D eigenvalue weighted by molar-refractivity contribution is 7.11. The van der Waals surface area contributed by atoms with E-state index in [1.165, 1.54) is 16.2 Å². The van der Waals surface area contributed by atoms with Gasteiger partial charge in [0.25, 0.3) is 11.8 Å². The van der Waals surface area contributed by atoms with Crippen molar-refractivity contribution in [1.29, 1.82) is 0 Å². The van der Waals surface area contributed by atoms with Gasteiger partial charge in [-0.3, -0.25) is 9.59 Å². The molecule has 4 rings (SSSR count). The Labute approximate surface area is 179 Å². The molecule has 2 aromatic carbocycles. The molecule has 0 unspecified atom stereocenters. The molecule has 152 valence electrons. The zero-order chi connectivity index (χ0) is 21.1. The number of amides is 2. The van der Waals surface area contributed by atoms with Crippen LogP contribution in [0.25, 0.3) is 5.57 Å². The third-order valence-electron chi connectivity index (χ3n) is 4.87. The summed E-state index contributed by atoms with van der Waals surface area (Å²) in [5.41, 5.74) is 2.21. The molecule has 0 saturated heterocycles. The lowest BCUT2D eigenvalue weighted by molar-refractivity contribution is -0.120. The highest BCUT2D eigenvalue weighted by Gasteiger charge is 2.43. The fourth-order valence-electron chi connectivity index (χ4n) is 3.60. The summed E-state index contributed by atoms with van der Waals surface area (Å²) in [7, 11) is 0. The molecule has 2 heterocycles. The van der Waals surface area contributed by atoms with Crippen LogP contribution in [0, 0.1) is 0 Å². The van der Waals surface area contributed by atoms with Gasteiger partial charge in [-0.1, -0.05) is 30.3 Å². The molecule has 0 saturated carbocycles. The average Bonchev–Trinajstić information content (AvgIpc) is 3.37. The fourth-order valence-corrected chi connectivity index (χ4v) is 4.37. The van der Waals surface area contributed by atoms with Gasteiger partial charge in [0.1, 0.15) is 11.4 Å². The topological polar surface area (TPSA) is 49.9 Å². The van der Waals surface area contributed by atoms with Crippen LogP contribution in [0.4, 0.5) is 11.4 Å². The molecule has 6 heteroatoms. The monoisotopic (exact) mass is 418 g/mol. The van der Waals surface area contributed by atoms with Gasteiger partial charge >= 0.3 is 0 Å². The minimum absolute atomic E-state index is 0.319. The summed E-state index contributed by atoms with van der Waals surface area (Å²) >= 11 is 1.45. The number of hydrogen-bond donors (Lipinski definition) is 0. The van der Waals surface area contributed by atoms with E-state index in [0.717, 1.165) is 10.6 Å². The number of imide groups is 1. The van der Waals surface area contributed by atoms with Crippen LogP contribution in [0.5, 0.6) is 5.75 Å². The minimum Gasteiger partial charge on any atom is -0.494 e. The van der Waals surface area contributed by atoms with E-state index in [0.29, 0.717) is 35.9 Å². The Morgan fingerprint density at radius 2 is 1.73 bits per heavy atom. The predicted octanol–water partition coefficient (Wildman–Crippen LogP) is 4.96. The summed E-state index contributed by atoms with van der Waals surface area (Å²) in [6.45, 7) is 4.93. The molecule has 3 aromatic rings. The van der Waals surface area contributed by atoms with Crippen LogP contribution in [0.2, 0.25) is 0 Å². The van der Waals surface area contributed by atoms with E-state index in [1.54, 1.807) is 18.2 Å². The molecule has 0 atom stereocenters. The lowest BCUT2D eigenvalue weighted by Gasteiger charge is -2.24. The summed E-state index contributed by atoms with van der Waals surface area (Å²) in [5, 5.41) is 1.91. The molecule has 2 amide bonds. The number of benzene rings is 2. The van der Waals surface area contributed by atoms with Crippen molar-refractivity contribution in [2.24, 2.45) is 0 Å². The zero-order valence-electron chi connectivity index (χ0n) is 16.9. The second kappa shape index (κ2) is 8.55. The summed E-state index contributed by atoms with van der Waals surface area (Å²) in [5.74, 6) is -0.0274. The molecular formula is C24H22N2O3S. The molecule has 0 aliphatic carbocycles. The number of rotatable bonds is 7. The first-order chi connectivity index (χ1) is 14.7. The van der Waals surface area contributed by atoms with E-state index < -0.39 is 0 Å². The quantitative estimate of drug-likeness (QED) is 0.509. The van der Waals surface area contributed by atoms with Crippen LogP contribution in [-0.4, -0.2) is 25.0 Å². The van der Waals surface area contributed by atoms with Crippen molar-refractivity contribution >= 4 is 40.1 Å². The second-order valence-electron chi connectivity index (χ2n) is 6.66.